The molecule has 0 bridgehead atoms. The van der Waals surface area contributed by atoms with Crippen LogP contribution >= 0.6 is 15.9 Å². The second-order valence-electron chi connectivity index (χ2n) is 3.87. The number of rotatable bonds is 4. The largest absolute Gasteiger partial charge is 0.355 e. The fourth-order valence-corrected chi connectivity index (χ4v) is 2.23. The minimum absolute atomic E-state index is 0.165. The third-order valence-electron chi connectivity index (χ3n) is 2.63. The van der Waals surface area contributed by atoms with Gasteiger partial charge in [0, 0.05) is 17.6 Å². The molecule has 0 aliphatic carbocycles. The number of nitrogens with zero attached hydrogens (tertiary/aromatic N) is 3. The standard InChI is InChI=1S/C12H13BrF2N4/c1-3-16-12-18-17-11(19(12)4-2)10-8(14)5-7(13)6-9(10)15/h5-6H,3-4H2,1-2H3,(H,16,18). The molecule has 2 rings (SSSR count). The third-order valence-corrected chi connectivity index (χ3v) is 3.09. The van der Waals surface area contributed by atoms with Gasteiger partial charge in [0.15, 0.2) is 5.82 Å². The van der Waals surface area contributed by atoms with Gasteiger partial charge in [-0.15, -0.1) is 10.2 Å². The molecule has 0 aliphatic heterocycles. The highest BCUT2D eigenvalue weighted by atomic mass is 79.9. The number of hydrogen-bond donors (Lipinski definition) is 1. The van der Waals surface area contributed by atoms with Crippen LogP contribution in [0.5, 0.6) is 0 Å². The Morgan fingerprint density at radius 2 is 1.84 bits per heavy atom. The Balaban J connectivity index is 2.59. The first-order chi connectivity index (χ1) is 9.08. The van der Waals surface area contributed by atoms with E-state index >= 15 is 0 Å². The molecular formula is C12H13BrF2N4. The summed E-state index contributed by atoms with van der Waals surface area (Å²) in [6.07, 6.45) is 0. The molecule has 0 saturated carbocycles. The summed E-state index contributed by atoms with van der Waals surface area (Å²) in [4.78, 5) is 0. The number of halogens is 3. The smallest absolute Gasteiger partial charge is 0.224 e. The summed E-state index contributed by atoms with van der Waals surface area (Å²) in [7, 11) is 0. The van der Waals surface area contributed by atoms with Crippen LogP contribution in [0.3, 0.4) is 0 Å². The van der Waals surface area contributed by atoms with Crippen LogP contribution in [-0.2, 0) is 6.54 Å². The average molecular weight is 331 g/mol. The van der Waals surface area contributed by atoms with Crippen LogP contribution in [0.15, 0.2) is 16.6 Å². The Bertz CT molecular complexity index is 574. The molecule has 1 N–H and O–H groups in total. The molecule has 1 aromatic carbocycles. The first-order valence-corrected chi connectivity index (χ1v) is 6.69. The summed E-state index contributed by atoms with van der Waals surface area (Å²) in [5.74, 6) is -0.656. The number of aromatic nitrogens is 3. The number of benzene rings is 1. The molecule has 2 aromatic rings. The molecule has 102 valence electrons. The van der Waals surface area contributed by atoms with Crippen molar-refractivity contribution in [2.45, 2.75) is 20.4 Å². The van der Waals surface area contributed by atoms with E-state index in [0.29, 0.717) is 23.5 Å². The molecule has 1 aromatic heterocycles. The van der Waals surface area contributed by atoms with E-state index in [1.165, 1.54) is 12.1 Å². The van der Waals surface area contributed by atoms with Crippen LogP contribution < -0.4 is 5.32 Å². The van der Waals surface area contributed by atoms with E-state index in [2.05, 4.69) is 31.4 Å². The van der Waals surface area contributed by atoms with Crippen molar-refractivity contribution in [1.29, 1.82) is 0 Å². The van der Waals surface area contributed by atoms with Crippen molar-refractivity contribution in [2.75, 3.05) is 11.9 Å². The average Bonchev–Trinajstić information content (AvgIpc) is 2.71. The van der Waals surface area contributed by atoms with E-state index < -0.39 is 11.6 Å². The molecule has 0 atom stereocenters. The SMILES string of the molecule is CCNc1nnc(-c2c(F)cc(Br)cc2F)n1CC. The lowest BCUT2D eigenvalue weighted by molar-refractivity contribution is 0.583. The lowest BCUT2D eigenvalue weighted by Crippen LogP contribution is -2.08. The maximum atomic E-state index is 13.9. The predicted molar refractivity (Wildman–Crippen MR) is 72.9 cm³/mol. The van der Waals surface area contributed by atoms with Crippen LogP contribution in [0.1, 0.15) is 13.8 Å². The van der Waals surface area contributed by atoms with E-state index in [9.17, 15) is 8.78 Å². The Kier molecular flexibility index (Phi) is 4.14. The zero-order valence-electron chi connectivity index (χ0n) is 10.5. The summed E-state index contributed by atoms with van der Waals surface area (Å²) < 4.78 is 29.9. The highest BCUT2D eigenvalue weighted by Gasteiger charge is 2.20. The van der Waals surface area contributed by atoms with Gasteiger partial charge in [-0.05, 0) is 26.0 Å². The van der Waals surface area contributed by atoms with E-state index in [-0.39, 0.29) is 11.4 Å². The van der Waals surface area contributed by atoms with Gasteiger partial charge in [0.2, 0.25) is 5.95 Å². The van der Waals surface area contributed by atoms with Crippen LogP contribution in [0, 0.1) is 11.6 Å². The van der Waals surface area contributed by atoms with Crippen molar-refractivity contribution in [1.82, 2.24) is 14.8 Å². The van der Waals surface area contributed by atoms with Crippen LogP contribution in [0.25, 0.3) is 11.4 Å². The molecule has 1 heterocycles. The maximum absolute atomic E-state index is 13.9. The van der Waals surface area contributed by atoms with Crippen molar-refractivity contribution in [3.05, 3.63) is 28.2 Å². The molecule has 0 aliphatic rings. The topological polar surface area (TPSA) is 42.7 Å². The first-order valence-electron chi connectivity index (χ1n) is 5.90. The van der Waals surface area contributed by atoms with Crippen LogP contribution in [0.4, 0.5) is 14.7 Å². The molecule has 0 amide bonds. The van der Waals surface area contributed by atoms with E-state index in [1.807, 2.05) is 13.8 Å². The molecule has 0 fully saturated rings. The molecule has 0 saturated heterocycles. The van der Waals surface area contributed by atoms with Crippen molar-refractivity contribution < 1.29 is 8.78 Å². The molecule has 0 spiro atoms. The molecular weight excluding hydrogens is 318 g/mol. The lowest BCUT2D eigenvalue weighted by Gasteiger charge is -2.09. The summed E-state index contributed by atoms with van der Waals surface area (Å²) in [6, 6.07) is 2.42. The monoisotopic (exact) mass is 330 g/mol. The summed E-state index contributed by atoms with van der Waals surface area (Å²) in [6.45, 7) is 4.95. The molecule has 0 unspecified atom stereocenters. The van der Waals surface area contributed by atoms with Gasteiger partial charge >= 0.3 is 0 Å². The van der Waals surface area contributed by atoms with Crippen LogP contribution in [0.2, 0.25) is 0 Å². The van der Waals surface area contributed by atoms with E-state index in [0.717, 1.165) is 0 Å². The molecule has 0 radical (unpaired) electrons. The zero-order chi connectivity index (χ0) is 14.0. The third kappa shape index (κ3) is 2.60. The van der Waals surface area contributed by atoms with Gasteiger partial charge in [0.25, 0.3) is 0 Å². The highest BCUT2D eigenvalue weighted by molar-refractivity contribution is 9.10. The maximum Gasteiger partial charge on any atom is 0.224 e. The molecule has 19 heavy (non-hydrogen) atoms. The number of nitrogens with one attached hydrogen (secondary N) is 1. The summed E-state index contributed by atoms with van der Waals surface area (Å²) in [5, 5.41) is 10.8. The Morgan fingerprint density at radius 3 is 2.37 bits per heavy atom. The fourth-order valence-electron chi connectivity index (χ4n) is 1.83. The zero-order valence-corrected chi connectivity index (χ0v) is 12.1. The highest BCUT2D eigenvalue weighted by Crippen LogP contribution is 2.29. The second kappa shape index (κ2) is 5.64. The molecule has 4 nitrogen and oxygen atoms in total. The lowest BCUT2D eigenvalue weighted by atomic mass is 10.2. The van der Waals surface area contributed by atoms with Gasteiger partial charge in [0.1, 0.15) is 11.6 Å². The van der Waals surface area contributed by atoms with E-state index in [1.54, 1.807) is 4.57 Å². The normalized spacial score (nSPS) is 10.8. The second-order valence-corrected chi connectivity index (χ2v) is 4.78. The van der Waals surface area contributed by atoms with Gasteiger partial charge in [-0.25, -0.2) is 8.78 Å². The Labute approximate surface area is 118 Å². The van der Waals surface area contributed by atoms with Crippen LogP contribution in [-0.4, -0.2) is 21.3 Å². The number of hydrogen-bond acceptors (Lipinski definition) is 3. The quantitative estimate of drug-likeness (QED) is 0.933. The minimum atomic E-state index is -0.669. The van der Waals surface area contributed by atoms with Gasteiger partial charge in [-0.2, -0.15) is 0 Å². The Morgan fingerprint density at radius 1 is 1.21 bits per heavy atom. The summed E-state index contributed by atoms with van der Waals surface area (Å²) in [5.41, 5.74) is -0.165. The minimum Gasteiger partial charge on any atom is -0.355 e. The van der Waals surface area contributed by atoms with Crippen molar-refractivity contribution >= 4 is 21.9 Å². The van der Waals surface area contributed by atoms with Gasteiger partial charge in [0.05, 0.1) is 5.56 Å². The van der Waals surface area contributed by atoms with Gasteiger partial charge in [-0.1, -0.05) is 15.9 Å². The Hall–Kier alpha value is -1.50. The predicted octanol–water partition coefficient (Wildman–Crippen LogP) is 3.44. The van der Waals surface area contributed by atoms with Crippen molar-refractivity contribution in [2.24, 2.45) is 0 Å². The summed E-state index contributed by atoms with van der Waals surface area (Å²) >= 11 is 3.05. The first kappa shape index (κ1) is 13.9. The van der Waals surface area contributed by atoms with Gasteiger partial charge in [-0.3, -0.25) is 4.57 Å². The van der Waals surface area contributed by atoms with Crippen molar-refractivity contribution in [3.63, 3.8) is 0 Å². The molecule has 7 heteroatoms. The van der Waals surface area contributed by atoms with Crippen molar-refractivity contribution in [3.8, 4) is 11.4 Å². The van der Waals surface area contributed by atoms with E-state index in [4.69, 9.17) is 0 Å². The fraction of sp³-hybridized carbons (Fsp3) is 0.333. The van der Waals surface area contributed by atoms with Gasteiger partial charge < -0.3 is 5.32 Å². The number of anilines is 1.